The third-order valence-electron chi connectivity index (χ3n) is 4.25. The number of amidine groups is 1. The van der Waals surface area contributed by atoms with Gasteiger partial charge in [-0.05, 0) is 44.5 Å². The van der Waals surface area contributed by atoms with Crippen LogP contribution in [0.5, 0.6) is 0 Å². The monoisotopic (exact) mass is 378 g/mol. The number of anilines is 1. The first kappa shape index (κ1) is 18.9. The number of aryl methyl sites for hydroxylation is 3. The smallest absolute Gasteiger partial charge is 0.284 e. The summed E-state index contributed by atoms with van der Waals surface area (Å²) >= 11 is 0. The van der Waals surface area contributed by atoms with E-state index in [1.54, 1.807) is 24.3 Å². The summed E-state index contributed by atoms with van der Waals surface area (Å²) in [7, 11) is -3.84. The van der Waals surface area contributed by atoms with Crippen molar-refractivity contribution in [2.45, 2.75) is 25.7 Å². The van der Waals surface area contributed by atoms with E-state index < -0.39 is 10.0 Å². The van der Waals surface area contributed by atoms with Gasteiger partial charge in [-0.1, -0.05) is 65.7 Å². The Morgan fingerprint density at radius 1 is 0.778 bits per heavy atom. The first-order valence-electron chi connectivity index (χ1n) is 8.66. The maximum absolute atomic E-state index is 12.8. The topological polar surface area (TPSA) is 58.5 Å². The Morgan fingerprint density at radius 2 is 1.33 bits per heavy atom. The minimum Gasteiger partial charge on any atom is -0.339 e. The molecule has 4 nitrogen and oxygen atoms in total. The number of benzene rings is 3. The molecule has 0 aromatic heterocycles. The molecule has 27 heavy (non-hydrogen) atoms. The molecule has 0 spiro atoms. The Morgan fingerprint density at radius 3 is 1.93 bits per heavy atom. The molecule has 0 saturated carbocycles. The molecule has 0 unspecified atom stereocenters. The molecule has 3 aromatic carbocycles. The van der Waals surface area contributed by atoms with Crippen LogP contribution >= 0.6 is 0 Å². The van der Waals surface area contributed by atoms with E-state index in [-0.39, 0.29) is 4.90 Å². The SMILES string of the molecule is Cc1ccc(C(=NS(=O)(=O)c2ccc(C)cc2)Nc2ccccc2C)cc1. The van der Waals surface area contributed by atoms with Crippen molar-refractivity contribution in [2.75, 3.05) is 5.32 Å². The van der Waals surface area contributed by atoms with Gasteiger partial charge in [0.1, 0.15) is 0 Å². The van der Waals surface area contributed by atoms with Crippen LogP contribution in [0.2, 0.25) is 0 Å². The molecule has 138 valence electrons. The quantitative estimate of drug-likeness (QED) is 0.521. The van der Waals surface area contributed by atoms with Gasteiger partial charge in [0.05, 0.1) is 4.90 Å². The van der Waals surface area contributed by atoms with Gasteiger partial charge in [-0.25, -0.2) is 0 Å². The number of nitrogens with zero attached hydrogens (tertiary/aromatic N) is 1. The maximum atomic E-state index is 12.8. The van der Waals surface area contributed by atoms with Crippen LogP contribution in [0, 0.1) is 20.8 Å². The average molecular weight is 378 g/mol. The first-order valence-corrected chi connectivity index (χ1v) is 10.1. The number of sulfonamides is 1. The van der Waals surface area contributed by atoms with Crippen LogP contribution in [-0.4, -0.2) is 14.3 Å². The predicted octanol–water partition coefficient (Wildman–Crippen LogP) is 4.86. The normalized spacial score (nSPS) is 12.0. The molecule has 0 aliphatic rings. The fourth-order valence-corrected chi connectivity index (χ4v) is 3.56. The second-order valence-electron chi connectivity index (χ2n) is 6.53. The summed E-state index contributed by atoms with van der Waals surface area (Å²) in [5.41, 5.74) is 4.62. The average Bonchev–Trinajstić information content (AvgIpc) is 2.64. The van der Waals surface area contributed by atoms with Crippen molar-refractivity contribution < 1.29 is 8.42 Å². The maximum Gasteiger partial charge on any atom is 0.284 e. The standard InChI is InChI=1S/C22H22N2O2S/c1-16-8-12-19(13-9-16)22(23-21-7-5-4-6-18(21)3)24-27(25,26)20-14-10-17(2)11-15-20/h4-15H,1-3H3,(H,23,24). The number of rotatable bonds is 4. The molecule has 3 aromatic rings. The van der Waals surface area contributed by atoms with E-state index in [1.165, 1.54) is 0 Å². The van der Waals surface area contributed by atoms with E-state index in [0.717, 1.165) is 22.4 Å². The van der Waals surface area contributed by atoms with E-state index in [9.17, 15) is 8.42 Å². The summed E-state index contributed by atoms with van der Waals surface area (Å²) in [4.78, 5) is 0.171. The molecule has 0 amide bonds. The molecule has 0 heterocycles. The molecule has 0 aliphatic carbocycles. The molecule has 0 saturated heterocycles. The highest BCUT2D eigenvalue weighted by Gasteiger charge is 2.16. The fourth-order valence-electron chi connectivity index (χ4n) is 2.58. The van der Waals surface area contributed by atoms with E-state index in [2.05, 4.69) is 9.71 Å². The Balaban J connectivity index is 2.08. The van der Waals surface area contributed by atoms with Crippen LogP contribution in [0.3, 0.4) is 0 Å². The van der Waals surface area contributed by atoms with E-state index in [4.69, 9.17) is 0 Å². The highest BCUT2D eigenvalue weighted by molar-refractivity contribution is 7.90. The van der Waals surface area contributed by atoms with Gasteiger partial charge in [0.15, 0.2) is 5.84 Å². The molecule has 3 rings (SSSR count). The van der Waals surface area contributed by atoms with Gasteiger partial charge >= 0.3 is 0 Å². The van der Waals surface area contributed by atoms with Crippen molar-refractivity contribution >= 4 is 21.5 Å². The lowest BCUT2D eigenvalue weighted by molar-refractivity contribution is 0.598. The van der Waals surface area contributed by atoms with Crippen molar-refractivity contribution in [3.63, 3.8) is 0 Å². The van der Waals surface area contributed by atoms with Crippen LogP contribution in [-0.2, 0) is 10.0 Å². The number of hydrogen-bond donors (Lipinski definition) is 1. The van der Waals surface area contributed by atoms with Crippen LogP contribution < -0.4 is 5.32 Å². The van der Waals surface area contributed by atoms with E-state index in [1.807, 2.05) is 69.3 Å². The predicted molar refractivity (Wildman–Crippen MR) is 111 cm³/mol. The van der Waals surface area contributed by atoms with Crippen molar-refractivity contribution in [1.29, 1.82) is 0 Å². The summed E-state index contributed by atoms with van der Waals surface area (Å²) in [6.07, 6.45) is 0. The lowest BCUT2D eigenvalue weighted by atomic mass is 10.1. The van der Waals surface area contributed by atoms with Gasteiger partial charge in [0.25, 0.3) is 10.0 Å². The van der Waals surface area contributed by atoms with E-state index >= 15 is 0 Å². The fraction of sp³-hybridized carbons (Fsp3) is 0.136. The minimum atomic E-state index is -3.84. The Bertz CT molecular complexity index is 1070. The van der Waals surface area contributed by atoms with Crippen LogP contribution in [0.25, 0.3) is 0 Å². The summed E-state index contributed by atoms with van der Waals surface area (Å²) in [5.74, 6) is 0.296. The number of hydrogen-bond acceptors (Lipinski definition) is 2. The molecule has 1 N–H and O–H groups in total. The largest absolute Gasteiger partial charge is 0.339 e. The van der Waals surface area contributed by atoms with Gasteiger partial charge in [-0.2, -0.15) is 8.42 Å². The summed E-state index contributed by atoms with van der Waals surface area (Å²) in [6, 6.07) is 22.0. The number of nitrogens with one attached hydrogen (secondary N) is 1. The molecule has 5 heteroatoms. The Hall–Kier alpha value is -2.92. The third kappa shape index (κ3) is 4.63. The molecule has 0 fully saturated rings. The molecular weight excluding hydrogens is 356 g/mol. The summed E-state index contributed by atoms with van der Waals surface area (Å²) in [6.45, 7) is 5.86. The van der Waals surface area contributed by atoms with Gasteiger partial charge < -0.3 is 5.32 Å². The van der Waals surface area contributed by atoms with Crippen molar-refractivity contribution in [2.24, 2.45) is 4.40 Å². The second kappa shape index (κ2) is 7.76. The van der Waals surface area contributed by atoms with Crippen molar-refractivity contribution in [1.82, 2.24) is 0 Å². The minimum absolute atomic E-state index is 0.171. The Labute approximate surface area is 160 Å². The number of para-hydroxylation sites is 1. The van der Waals surface area contributed by atoms with Crippen molar-refractivity contribution in [3.05, 3.63) is 95.1 Å². The second-order valence-corrected chi connectivity index (χ2v) is 8.14. The highest BCUT2D eigenvalue weighted by atomic mass is 32.2. The van der Waals surface area contributed by atoms with Crippen LogP contribution in [0.1, 0.15) is 22.3 Å². The molecule has 0 radical (unpaired) electrons. The van der Waals surface area contributed by atoms with E-state index in [0.29, 0.717) is 11.4 Å². The molecule has 0 atom stereocenters. The van der Waals surface area contributed by atoms with Gasteiger partial charge in [-0.15, -0.1) is 4.40 Å². The summed E-state index contributed by atoms with van der Waals surface area (Å²) < 4.78 is 29.8. The van der Waals surface area contributed by atoms with Crippen molar-refractivity contribution in [3.8, 4) is 0 Å². The van der Waals surface area contributed by atoms with Gasteiger partial charge in [0, 0.05) is 11.3 Å². The molecular formula is C22H22N2O2S. The zero-order chi connectivity index (χ0) is 19.4. The lowest BCUT2D eigenvalue weighted by Crippen LogP contribution is -2.17. The lowest BCUT2D eigenvalue weighted by Gasteiger charge is -2.13. The van der Waals surface area contributed by atoms with Gasteiger partial charge in [-0.3, -0.25) is 0 Å². The van der Waals surface area contributed by atoms with Gasteiger partial charge in [0.2, 0.25) is 0 Å². The summed E-state index contributed by atoms with van der Waals surface area (Å²) in [5, 5.41) is 3.19. The molecule has 0 aliphatic heterocycles. The molecule has 0 bridgehead atoms. The van der Waals surface area contributed by atoms with Crippen LogP contribution in [0.15, 0.2) is 82.1 Å². The van der Waals surface area contributed by atoms with Crippen LogP contribution in [0.4, 0.5) is 5.69 Å². The first-order chi connectivity index (χ1) is 12.8. The third-order valence-corrected chi connectivity index (χ3v) is 5.54. The zero-order valence-electron chi connectivity index (χ0n) is 15.6. The highest BCUT2D eigenvalue weighted by Crippen LogP contribution is 2.19. The zero-order valence-corrected chi connectivity index (χ0v) is 16.4. The Kier molecular flexibility index (Phi) is 5.42.